The second-order valence-corrected chi connectivity index (χ2v) is 4.69. The summed E-state index contributed by atoms with van der Waals surface area (Å²) >= 11 is 0. The lowest BCUT2D eigenvalue weighted by atomic mass is 9.96. The maximum atomic E-state index is 11.9. The first kappa shape index (κ1) is 14.3. The highest BCUT2D eigenvalue weighted by atomic mass is 16.5. The molecule has 0 aliphatic rings. The van der Waals surface area contributed by atoms with Crippen LogP contribution in [0.5, 0.6) is 0 Å². The van der Waals surface area contributed by atoms with Crippen LogP contribution in [0.1, 0.15) is 23.5 Å². The van der Waals surface area contributed by atoms with Crippen molar-refractivity contribution in [1.29, 1.82) is 0 Å². The van der Waals surface area contributed by atoms with E-state index < -0.39 is 0 Å². The van der Waals surface area contributed by atoms with Crippen LogP contribution in [0.4, 0.5) is 0 Å². The highest BCUT2D eigenvalue weighted by Crippen LogP contribution is 2.18. The first-order valence-electron chi connectivity index (χ1n) is 6.74. The standard InChI is InChI=1S/C17H19NO2/c18-12-16(15-9-5-2-6-10-15)11-17(19)20-13-14-7-3-1-4-8-14/h1-10,16H,11-13,18H2/t16-/m0/s1. The van der Waals surface area contributed by atoms with E-state index in [1.54, 1.807) is 0 Å². The molecule has 0 radical (unpaired) electrons. The number of ether oxygens (including phenoxy) is 1. The first-order chi connectivity index (χ1) is 9.79. The Morgan fingerprint density at radius 3 is 2.20 bits per heavy atom. The van der Waals surface area contributed by atoms with Gasteiger partial charge in [0.1, 0.15) is 6.61 Å². The number of hydrogen-bond acceptors (Lipinski definition) is 3. The lowest BCUT2D eigenvalue weighted by Gasteiger charge is -2.14. The van der Waals surface area contributed by atoms with Crippen LogP contribution in [-0.2, 0) is 16.1 Å². The van der Waals surface area contributed by atoms with Crippen molar-refractivity contribution in [2.24, 2.45) is 5.73 Å². The molecule has 0 aliphatic heterocycles. The molecule has 2 aromatic carbocycles. The fourth-order valence-corrected chi connectivity index (χ4v) is 2.06. The Labute approximate surface area is 119 Å². The molecule has 1 atom stereocenters. The summed E-state index contributed by atoms with van der Waals surface area (Å²) in [4.78, 5) is 11.9. The van der Waals surface area contributed by atoms with Gasteiger partial charge in [0.15, 0.2) is 0 Å². The molecular weight excluding hydrogens is 250 g/mol. The third kappa shape index (κ3) is 4.21. The minimum Gasteiger partial charge on any atom is -0.461 e. The minimum atomic E-state index is -0.215. The molecule has 0 amide bonds. The van der Waals surface area contributed by atoms with Gasteiger partial charge in [-0.1, -0.05) is 60.7 Å². The average molecular weight is 269 g/mol. The minimum absolute atomic E-state index is 0.0134. The molecule has 3 heteroatoms. The molecule has 0 saturated heterocycles. The highest BCUT2D eigenvalue weighted by Gasteiger charge is 2.15. The summed E-state index contributed by atoms with van der Waals surface area (Å²) < 4.78 is 5.29. The summed E-state index contributed by atoms with van der Waals surface area (Å²) in [6.45, 7) is 0.746. The average Bonchev–Trinajstić information content (AvgIpc) is 2.52. The molecule has 0 bridgehead atoms. The SMILES string of the molecule is NC[C@H](CC(=O)OCc1ccccc1)c1ccccc1. The lowest BCUT2D eigenvalue weighted by molar-refractivity contribution is -0.145. The first-order valence-corrected chi connectivity index (χ1v) is 6.74. The van der Waals surface area contributed by atoms with Gasteiger partial charge in [0.25, 0.3) is 0 Å². The van der Waals surface area contributed by atoms with E-state index in [-0.39, 0.29) is 11.9 Å². The fraction of sp³-hybridized carbons (Fsp3) is 0.235. The quantitative estimate of drug-likeness (QED) is 0.820. The smallest absolute Gasteiger partial charge is 0.306 e. The molecule has 2 N–H and O–H groups in total. The Bertz CT molecular complexity index is 525. The number of esters is 1. The Morgan fingerprint density at radius 2 is 1.60 bits per heavy atom. The zero-order valence-electron chi connectivity index (χ0n) is 11.4. The van der Waals surface area contributed by atoms with Gasteiger partial charge in [-0.05, 0) is 17.7 Å². The van der Waals surface area contributed by atoms with Gasteiger partial charge >= 0.3 is 5.97 Å². The lowest BCUT2D eigenvalue weighted by Crippen LogP contribution is -2.18. The van der Waals surface area contributed by atoms with Crippen LogP contribution in [-0.4, -0.2) is 12.5 Å². The van der Waals surface area contributed by atoms with Crippen molar-refractivity contribution < 1.29 is 9.53 Å². The maximum Gasteiger partial charge on any atom is 0.306 e. The number of carbonyl (C=O) groups is 1. The molecule has 0 heterocycles. The van der Waals surface area contributed by atoms with Crippen molar-refractivity contribution in [3.63, 3.8) is 0 Å². The van der Waals surface area contributed by atoms with E-state index in [0.29, 0.717) is 19.6 Å². The topological polar surface area (TPSA) is 52.3 Å². The summed E-state index contributed by atoms with van der Waals surface area (Å²) in [5.74, 6) is -0.201. The molecule has 3 nitrogen and oxygen atoms in total. The number of nitrogens with two attached hydrogens (primary N) is 1. The number of rotatable bonds is 6. The van der Waals surface area contributed by atoms with Gasteiger partial charge in [0.2, 0.25) is 0 Å². The number of hydrogen-bond donors (Lipinski definition) is 1. The Morgan fingerprint density at radius 1 is 1.00 bits per heavy atom. The van der Waals surface area contributed by atoms with Gasteiger partial charge in [-0.2, -0.15) is 0 Å². The molecule has 0 spiro atoms. The van der Waals surface area contributed by atoms with Crippen LogP contribution in [0.25, 0.3) is 0 Å². The van der Waals surface area contributed by atoms with Gasteiger partial charge in [0, 0.05) is 5.92 Å². The molecule has 104 valence electrons. The van der Waals surface area contributed by atoms with Crippen molar-refractivity contribution in [3.8, 4) is 0 Å². The largest absolute Gasteiger partial charge is 0.461 e. The highest BCUT2D eigenvalue weighted by molar-refractivity contribution is 5.70. The van der Waals surface area contributed by atoms with Crippen LogP contribution in [0.3, 0.4) is 0 Å². The monoisotopic (exact) mass is 269 g/mol. The van der Waals surface area contributed by atoms with E-state index in [2.05, 4.69) is 0 Å². The van der Waals surface area contributed by atoms with Crippen LogP contribution in [0.15, 0.2) is 60.7 Å². The normalized spacial score (nSPS) is 11.8. The predicted octanol–water partition coefficient (Wildman–Crippen LogP) is 2.86. The van der Waals surface area contributed by atoms with Gasteiger partial charge in [-0.3, -0.25) is 4.79 Å². The van der Waals surface area contributed by atoms with Crippen LogP contribution >= 0.6 is 0 Å². The molecule has 2 rings (SSSR count). The van der Waals surface area contributed by atoms with Crippen molar-refractivity contribution in [2.75, 3.05) is 6.54 Å². The molecule has 2 aromatic rings. The van der Waals surface area contributed by atoms with Gasteiger partial charge in [-0.25, -0.2) is 0 Å². The van der Waals surface area contributed by atoms with E-state index in [1.165, 1.54) is 0 Å². The van der Waals surface area contributed by atoms with Crippen molar-refractivity contribution in [3.05, 3.63) is 71.8 Å². The maximum absolute atomic E-state index is 11.9. The Balaban J connectivity index is 1.87. The predicted molar refractivity (Wildman–Crippen MR) is 79.1 cm³/mol. The molecule has 0 aromatic heterocycles. The zero-order valence-corrected chi connectivity index (χ0v) is 11.4. The summed E-state index contributed by atoms with van der Waals surface area (Å²) in [7, 11) is 0. The zero-order chi connectivity index (χ0) is 14.2. The van der Waals surface area contributed by atoms with Gasteiger partial charge in [-0.15, -0.1) is 0 Å². The summed E-state index contributed by atoms with van der Waals surface area (Å²) in [6.07, 6.45) is 0.313. The summed E-state index contributed by atoms with van der Waals surface area (Å²) in [5, 5.41) is 0. The molecule has 0 unspecified atom stereocenters. The van der Waals surface area contributed by atoms with Crippen LogP contribution in [0, 0.1) is 0 Å². The van der Waals surface area contributed by atoms with Crippen molar-refractivity contribution in [1.82, 2.24) is 0 Å². The third-order valence-electron chi connectivity index (χ3n) is 3.21. The van der Waals surface area contributed by atoms with E-state index in [4.69, 9.17) is 10.5 Å². The van der Waals surface area contributed by atoms with E-state index in [9.17, 15) is 4.79 Å². The van der Waals surface area contributed by atoms with Crippen LogP contribution < -0.4 is 5.73 Å². The van der Waals surface area contributed by atoms with Crippen LogP contribution in [0.2, 0.25) is 0 Å². The third-order valence-corrected chi connectivity index (χ3v) is 3.21. The molecule has 0 aliphatic carbocycles. The van der Waals surface area contributed by atoms with E-state index >= 15 is 0 Å². The fourth-order valence-electron chi connectivity index (χ4n) is 2.06. The van der Waals surface area contributed by atoms with Crippen molar-refractivity contribution in [2.45, 2.75) is 18.9 Å². The Kier molecular flexibility index (Phi) is 5.33. The second kappa shape index (κ2) is 7.46. The summed E-state index contributed by atoms with van der Waals surface area (Å²) in [6, 6.07) is 19.5. The molecule has 20 heavy (non-hydrogen) atoms. The Hall–Kier alpha value is -2.13. The number of benzene rings is 2. The second-order valence-electron chi connectivity index (χ2n) is 4.69. The molecule has 0 fully saturated rings. The van der Waals surface area contributed by atoms with E-state index in [1.807, 2.05) is 60.7 Å². The molecular formula is C17H19NO2. The molecule has 0 saturated carbocycles. The number of carbonyl (C=O) groups excluding carboxylic acids is 1. The van der Waals surface area contributed by atoms with Gasteiger partial charge in [0.05, 0.1) is 6.42 Å². The van der Waals surface area contributed by atoms with Crippen molar-refractivity contribution >= 4 is 5.97 Å². The van der Waals surface area contributed by atoms with Gasteiger partial charge < -0.3 is 10.5 Å². The summed E-state index contributed by atoms with van der Waals surface area (Å²) in [5.41, 5.74) is 7.82. The van der Waals surface area contributed by atoms with E-state index in [0.717, 1.165) is 11.1 Å².